The lowest BCUT2D eigenvalue weighted by atomic mass is 10.0. The molecule has 0 saturated heterocycles. The second kappa shape index (κ2) is 5.73. The summed E-state index contributed by atoms with van der Waals surface area (Å²) < 4.78 is 19.0. The predicted octanol–water partition coefficient (Wildman–Crippen LogP) is 2.39. The third kappa shape index (κ3) is 2.85. The molecular formula is C10H9ClFN3OS2. The Kier molecular flexibility index (Phi) is 4.26. The van der Waals surface area contributed by atoms with Gasteiger partial charge in [0, 0.05) is 12.0 Å². The van der Waals surface area contributed by atoms with Crippen molar-refractivity contribution in [2.45, 2.75) is 11.3 Å². The van der Waals surface area contributed by atoms with E-state index < -0.39 is 5.82 Å². The van der Waals surface area contributed by atoms with Crippen molar-refractivity contribution >= 4 is 44.7 Å². The highest BCUT2D eigenvalue weighted by Gasteiger charge is 2.22. The summed E-state index contributed by atoms with van der Waals surface area (Å²) in [6.07, 6.45) is 0.540. The smallest absolute Gasteiger partial charge is 0.184 e. The number of hydrogen-bond acceptors (Lipinski definition) is 4. The average Bonchev–Trinajstić information content (AvgIpc) is 2.35. The van der Waals surface area contributed by atoms with Crippen LogP contribution in [0.15, 0.2) is 22.1 Å². The standard InChI is InChI=1S/C10H9ClFN3OS2/c11-18-8-4-5(12)3-6-7(14-15-10(13)17)1-2-16-9(6)8/h3-4H,1-2H2,(H3,13,15,17). The average molecular weight is 306 g/mol. The zero-order valence-electron chi connectivity index (χ0n) is 9.07. The van der Waals surface area contributed by atoms with Gasteiger partial charge in [0.15, 0.2) is 5.11 Å². The first kappa shape index (κ1) is 13.4. The summed E-state index contributed by atoms with van der Waals surface area (Å²) in [7, 11) is 6.59. The maximum absolute atomic E-state index is 13.5. The normalized spacial score (nSPS) is 16.0. The van der Waals surface area contributed by atoms with Gasteiger partial charge in [-0.15, -0.1) is 0 Å². The Hall–Kier alpha value is -1.05. The van der Waals surface area contributed by atoms with E-state index in [1.165, 1.54) is 12.1 Å². The van der Waals surface area contributed by atoms with Crippen LogP contribution in [0.1, 0.15) is 12.0 Å². The first-order chi connectivity index (χ1) is 8.61. The quantitative estimate of drug-likeness (QED) is 0.649. The van der Waals surface area contributed by atoms with Crippen LogP contribution in [0.5, 0.6) is 5.75 Å². The monoisotopic (exact) mass is 305 g/mol. The van der Waals surface area contributed by atoms with Crippen molar-refractivity contribution in [1.29, 1.82) is 0 Å². The van der Waals surface area contributed by atoms with Crippen LogP contribution in [0.4, 0.5) is 4.39 Å². The Morgan fingerprint density at radius 3 is 3.06 bits per heavy atom. The van der Waals surface area contributed by atoms with E-state index in [0.29, 0.717) is 34.9 Å². The number of hydrogen-bond donors (Lipinski definition) is 2. The van der Waals surface area contributed by atoms with E-state index in [1.54, 1.807) is 0 Å². The molecule has 0 saturated carbocycles. The van der Waals surface area contributed by atoms with Crippen molar-refractivity contribution in [3.05, 3.63) is 23.5 Å². The summed E-state index contributed by atoms with van der Waals surface area (Å²) in [6, 6.07) is 2.67. The van der Waals surface area contributed by atoms with Crippen LogP contribution in [0.2, 0.25) is 0 Å². The lowest BCUT2D eigenvalue weighted by Gasteiger charge is -2.21. The van der Waals surface area contributed by atoms with Gasteiger partial charge in [0.2, 0.25) is 0 Å². The minimum Gasteiger partial charge on any atom is -0.491 e. The molecule has 96 valence electrons. The minimum atomic E-state index is -0.398. The van der Waals surface area contributed by atoms with E-state index in [-0.39, 0.29) is 5.11 Å². The Bertz CT molecular complexity index is 524. The minimum absolute atomic E-state index is 0.0545. The molecule has 8 heteroatoms. The molecule has 0 amide bonds. The number of ether oxygens (including phenoxy) is 1. The van der Waals surface area contributed by atoms with E-state index in [0.717, 1.165) is 11.0 Å². The third-order valence-electron chi connectivity index (χ3n) is 2.30. The number of hydrazone groups is 1. The maximum Gasteiger partial charge on any atom is 0.184 e. The van der Waals surface area contributed by atoms with Gasteiger partial charge in [0.25, 0.3) is 0 Å². The van der Waals surface area contributed by atoms with Crippen molar-refractivity contribution in [3.63, 3.8) is 0 Å². The second-order valence-corrected chi connectivity index (χ2v) is 4.99. The van der Waals surface area contributed by atoms with Crippen LogP contribution in [-0.2, 0) is 0 Å². The second-order valence-electron chi connectivity index (χ2n) is 3.49. The molecule has 1 aromatic carbocycles. The maximum atomic E-state index is 13.5. The molecule has 1 heterocycles. The van der Waals surface area contributed by atoms with Gasteiger partial charge in [-0.1, -0.05) is 0 Å². The van der Waals surface area contributed by atoms with Crippen molar-refractivity contribution in [1.82, 2.24) is 5.43 Å². The summed E-state index contributed by atoms with van der Waals surface area (Å²) >= 11 is 4.67. The molecule has 0 unspecified atom stereocenters. The fourth-order valence-electron chi connectivity index (χ4n) is 1.61. The number of nitrogens with one attached hydrogen (secondary N) is 1. The Morgan fingerprint density at radius 2 is 2.39 bits per heavy atom. The Balaban J connectivity index is 2.45. The van der Waals surface area contributed by atoms with Gasteiger partial charge < -0.3 is 10.5 Å². The number of nitrogens with zero attached hydrogens (tertiary/aromatic N) is 1. The molecule has 0 atom stereocenters. The number of nitrogens with two attached hydrogens (primary N) is 1. The van der Waals surface area contributed by atoms with E-state index in [4.69, 9.17) is 21.2 Å². The molecule has 2 rings (SSSR count). The number of thiocarbonyl (C=S) groups is 1. The van der Waals surface area contributed by atoms with Crippen molar-refractivity contribution in [3.8, 4) is 5.75 Å². The lowest BCUT2D eigenvalue weighted by molar-refractivity contribution is 0.311. The summed E-state index contributed by atoms with van der Waals surface area (Å²) in [4.78, 5) is 0.523. The number of benzene rings is 1. The molecule has 4 nitrogen and oxygen atoms in total. The molecule has 0 fully saturated rings. The molecule has 1 aliphatic heterocycles. The van der Waals surface area contributed by atoms with Crippen LogP contribution in [0.25, 0.3) is 0 Å². The topological polar surface area (TPSA) is 59.6 Å². The highest BCUT2D eigenvalue weighted by atomic mass is 35.7. The van der Waals surface area contributed by atoms with E-state index in [1.807, 2.05) is 0 Å². The van der Waals surface area contributed by atoms with Gasteiger partial charge >= 0.3 is 0 Å². The molecule has 0 aliphatic carbocycles. The predicted molar refractivity (Wildman–Crippen MR) is 74.7 cm³/mol. The Morgan fingerprint density at radius 1 is 1.61 bits per heavy atom. The fourth-order valence-corrected chi connectivity index (χ4v) is 2.40. The first-order valence-electron chi connectivity index (χ1n) is 4.99. The van der Waals surface area contributed by atoms with E-state index in [9.17, 15) is 4.39 Å². The van der Waals surface area contributed by atoms with Crippen LogP contribution in [0.3, 0.4) is 0 Å². The molecule has 1 aliphatic rings. The van der Waals surface area contributed by atoms with Crippen LogP contribution >= 0.6 is 33.9 Å². The third-order valence-corrected chi connectivity index (χ3v) is 3.36. The zero-order valence-corrected chi connectivity index (χ0v) is 11.5. The summed E-state index contributed by atoms with van der Waals surface area (Å²) in [6.45, 7) is 0.445. The largest absolute Gasteiger partial charge is 0.491 e. The molecule has 0 bridgehead atoms. The molecule has 0 spiro atoms. The van der Waals surface area contributed by atoms with Crippen LogP contribution < -0.4 is 15.9 Å². The number of fused-ring (bicyclic) bond motifs is 1. The summed E-state index contributed by atoms with van der Waals surface area (Å²) in [5.41, 5.74) is 8.99. The van der Waals surface area contributed by atoms with Crippen molar-refractivity contribution < 1.29 is 9.13 Å². The number of halogens is 2. The summed E-state index contributed by atoms with van der Waals surface area (Å²) in [5.74, 6) is 0.136. The number of rotatable bonds is 2. The fraction of sp³-hybridized carbons (Fsp3) is 0.200. The van der Waals surface area contributed by atoms with E-state index >= 15 is 0 Å². The van der Waals surface area contributed by atoms with E-state index in [2.05, 4.69) is 22.7 Å². The van der Waals surface area contributed by atoms with Gasteiger partial charge in [-0.25, -0.2) is 4.39 Å². The lowest BCUT2D eigenvalue weighted by Crippen LogP contribution is -2.27. The van der Waals surface area contributed by atoms with Gasteiger partial charge in [-0.2, -0.15) is 5.10 Å². The SMILES string of the molecule is NC(=S)NN=C1CCOc2c(SCl)cc(F)cc21. The molecule has 0 aromatic heterocycles. The van der Waals surface area contributed by atoms with Crippen molar-refractivity contribution in [2.24, 2.45) is 10.8 Å². The summed E-state index contributed by atoms with van der Waals surface area (Å²) in [5, 5.41) is 4.10. The van der Waals surface area contributed by atoms with Gasteiger partial charge in [-0.05, 0) is 46.0 Å². The van der Waals surface area contributed by atoms with Crippen LogP contribution in [0, 0.1) is 5.82 Å². The molecule has 0 radical (unpaired) electrons. The van der Waals surface area contributed by atoms with Crippen LogP contribution in [-0.4, -0.2) is 17.4 Å². The van der Waals surface area contributed by atoms with Gasteiger partial charge in [-0.3, -0.25) is 5.43 Å². The molecule has 18 heavy (non-hydrogen) atoms. The molecular weight excluding hydrogens is 297 g/mol. The zero-order chi connectivity index (χ0) is 13.1. The molecule has 1 aromatic rings. The highest BCUT2D eigenvalue weighted by Crippen LogP contribution is 2.38. The first-order valence-corrected chi connectivity index (χ1v) is 7.04. The highest BCUT2D eigenvalue weighted by molar-refractivity contribution is 8.21. The van der Waals surface area contributed by atoms with Gasteiger partial charge in [0.05, 0.1) is 17.2 Å². The molecule has 3 N–H and O–H groups in total. The van der Waals surface area contributed by atoms with Gasteiger partial charge in [0.1, 0.15) is 11.6 Å². The Labute approximate surface area is 117 Å². The van der Waals surface area contributed by atoms with Crippen molar-refractivity contribution in [2.75, 3.05) is 6.61 Å².